The second kappa shape index (κ2) is 7.03. The van der Waals surface area contributed by atoms with Crippen LogP contribution in [0.3, 0.4) is 0 Å². The summed E-state index contributed by atoms with van der Waals surface area (Å²) in [6.45, 7) is 0.539. The first-order valence-corrected chi connectivity index (χ1v) is 7.13. The highest BCUT2D eigenvalue weighted by molar-refractivity contribution is 9.10. The third-order valence-electron chi connectivity index (χ3n) is 2.85. The van der Waals surface area contributed by atoms with E-state index in [2.05, 4.69) is 31.7 Å². The zero-order chi connectivity index (χ0) is 15.2. The summed E-state index contributed by atoms with van der Waals surface area (Å²) in [5, 5.41) is 9.57. The predicted octanol–water partition coefficient (Wildman–Crippen LogP) is 1.27. The molecular weight excluding hydrogens is 336 g/mol. The molecule has 110 valence electrons. The summed E-state index contributed by atoms with van der Waals surface area (Å²) in [4.78, 5) is 23.4. The fourth-order valence-electron chi connectivity index (χ4n) is 1.67. The van der Waals surface area contributed by atoms with Gasteiger partial charge in [0, 0.05) is 13.6 Å². The van der Waals surface area contributed by atoms with Crippen LogP contribution in [0.25, 0.3) is 0 Å². The first-order chi connectivity index (χ1) is 10.1. The average Bonchev–Trinajstić information content (AvgIpc) is 2.51. The van der Waals surface area contributed by atoms with Crippen LogP contribution in [-0.4, -0.2) is 22.2 Å². The summed E-state index contributed by atoms with van der Waals surface area (Å²) in [6.07, 6.45) is 1.50. The highest BCUT2D eigenvalue weighted by Crippen LogP contribution is 2.15. The van der Waals surface area contributed by atoms with E-state index in [1.807, 2.05) is 30.3 Å². The van der Waals surface area contributed by atoms with Crippen molar-refractivity contribution in [2.24, 2.45) is 7.05 Å². The molecular formula is C14H15BrN4O2. The summed E-state index contributed by atoms with van der Waals surface area (Å²) in [6, 6.07) is 9.64. The van der Waals surface area contributed by atoms with E-state index in [1.54, 1.807) is 7.05 Å². The number of benzene rings is 1. The third-order valence-corrected chi connectivity index (χ3v) is 3.62. The summed E-state index contributed by atoms with van der Waals surface area (Å²) in [5.41, 5.74) is 1.26. The number of hydrogen-bond acceptors (Lipinski definition) is 4. The van der Waals surface area contributed by atoms with E-state index < -0.39 is 0 Å². The maximum Gasteiger partial charge on any atom is 0.282 e. The van der Waals surface area contributed by atoms with Crippen LogP contribution in [0.2, 0.25) is 0 Å². The highest BCUT2D eigenvalue weighted by Gasteiger charge is 2.08. The highest BCUT2D eigenvalue weighted by atomic mass is 79.9. The molecule has 0 spiro atoms. The standard InChI is InChI=1S/C14H15BrN4O2/c1-19-14(21)13(15)11(8-18-19)16-9-12(20)17-7-10-5-3-2-4-6-10/h2-6,8,16H,7,9H2,1H3,(H,17,20). The van der Waals surface area contributed by atoms with Gasteiger partial charge in [0.1, 0.15) is 4.47 Å². The van der Waals surface area contributed by atoms with Gasteiger partial charge in [0.05, 0.1) is 18.4 Å². The molecule has 7 heteroatoms. The molecule has 2 rings (SSSR count). The summed E-state index contributed by atoms with van der Waals surface area (Å²) < 4.78 is 1.57. The van der Waals surface area contributed by atoms with Crippen LogP contribution in [0, 0.1) is 0 Å². The smallest absolute Gasteiger partial charge is 0.282 e. The molecule has 2 aromatic rings. The van der Waals surface area contributed by atoms with Crippen molar-refractivity contribution in [2.45, 2.75) is 6.54 Å². The Morgan fingerprint density at radius 1 is 1.33 bits per heavy atom. The fourth-order valence-corrected chi connectivity index (χ4v) is 2.17. The number of rotatable bonds is 5. The third kappa shape index (κ3) is 4.16. The van der Waals surface area contributed by atoms with Crippen molar-refractivity contribution in [1.82, 2.24) is 15.1 Å². The molecule has 0 unspecified atom stereocenters. The molecule has 0 radical (unpaired) electrons. The molecule has 0 atom stereocenters. The Bertz CT molecular complexity index is 685. The molecule has 0 aliphatic rings. The zero-order valence-electron chi connectivity index (χ0n) is 11.5. The van der Waals surface area contributed by atoms with E-state index in [1.165, 1.54) is 10.9 Å². The van der Waals surface area contributed by atoms with Gasteiger partial charge < -0.3 is 10.6 Å². The summed E-state index contributed by atoms with van der Waals surface area (Å²) in [5.74, 6) is -0.161. The van der Waals surface area contributed by atoms with Crippen molar-refractivity contribution in [3.05, 3.63) is 56.9 Å². The van der Waals surface area contributed by atoms with E-state index in [0.29, 0.717) is 16.7 Å². The molecule has 1 heterocycles. The van der Waals surface area contributed by atoms with Crippen LogP contribution in [-0.2, 0) is 18.4 Å². The average molecular weight is 351 g/mol. The van der Waals surface area contributed by atoms with Gasteiger partial charge in [-0.05, 0) is 21.5 Å². The molecule has 0 aliphatic carbocycles. The Hall–Kier alpha value is -2.15. The minimum atomic E-state index is -0.260. The number of halogens is 1. The molecule has 0 bridgehead atoms. The van der Waals surface area contributed by atoms with Crippen LogP contribution in [0.15, 0.2) is 45.8 Å². The number of carbonyl (C=O) groups is 1. The second-order valence-corrected chi connectivity index (χ2v) is 5.21. The molecule has 1 aromatic carbocycles. The van der Waals surface area contributed by atoms with E-state index in [0.717, 1.165) is 5.56 Å². The molecule has 0 fully saturated rings. The van der Waals surface area contributed by atoms with E-state index >= 15 is 0 Å². The maximum atomic E-state index is 11.8. The van der Waals surface area contributed by atoms with Gasteiger partial charge in [-0.2, -0.15) is 5.10 Å². The van der Waals surface area contributed by atoms with Crippen molar-refractivity contribution in [2.75, 3.05) is 11.9 Å². The molecule has 1 aromatic heterocycles. The van der Waals surface area contributed by atoms with Gasteiger partial charge in [-0.1, -0.05) is 30.3 Å². The number of carbonyl (C=O) groups excluding carboxylic acids is 1. The van der Waals surface area contributed by atoms with Crippen molar-refractivity contribution in [3.63, 3.8) is 0 Å². The Balaban J connectivity index is 1.87. The monoisotopic (exact) mass is 350 g/mol. The number of nitrogens with one attached hydrogen (secondary N) is 2. The quantitative estimate of drug-likeness (QED) is 0.851. The lowest BCUT2D eigenvalue weighted by atomic mass is 10.2. The SMILES string of the molecule is Cn1ncc(NCC(=O)NCc2ccccc2)c(Br)c1=O. The Morgan fingerprint density at radius 2 is 2.05 bits per heavy atom. The van der Waals surface area contributed by atoms with Crippen molar-refractivity contribution in [1.29, 1.82) is 0 Å². The fraction of sp³-hybridized carbons (Fsp3) is 0.214. The molecule has 2 N–H and O–H groups in total. The minimum absolute atomic E-state index is 0.0697. The van der Waals surface area contributed by atoms with Gasteiger partial charge in [0.25, 0.3) is 5.56 Å². The van der Waals surface area contributed by atoms with Gasteiger partial charge in [0.15, 0.2) is 0 Å². The van der Waals surface area contributed by atoms with Crippen LogP contribution >= 0.6 is 15.9 Å². The van der Waals surface area contributed by atoms with Crippen molar-refractivity contribution in [3.8, 4) is 0 Å². The normalized spacial score (nSPS) is 10.2. The molecule has 6 nitrogen and oxygen atoms in total. The van der Waals surface area contributed by atoms with Crippen molar-refractivity contribution < 1.29 is 4.79 Å². The van der Waals surface area contributed by atoms with Gasteiger partial charge in [-0.15, -0.1) is 0 Å². The molecule has 0 saturated carbocycles. The number of aromatic nitrogens is 2. The minimum Gasteiger partial charge on any atom is -0.374 e. The Morgan fingerprint density at radius 3 is 2.76 bits per heavy atom. The molecule has 0 aliphatic heterocycles. The number of hydrogen-bond donors (Lipinski definition) is 2. The molecule has 1 amide bonds. The number of nitrogens with zero attached hydrogens (tertiary/aromatic N) is 2. The first kappa shape index (κ1) is 15.2. The first-order valence-electron chi connectivity index (χ1n) is 6.34. The number of aryl methyl sites for hydroxylation is 1. The predicted molar refractivity (Wildman–Crippen MR) is 84.0 cm³/mol. The largest absolute Gasteiger partial charge is 0.374 e. The summed E-state index contributed by atoms with van der Waals surface area (Å²) >= 11 is 3.19. The van der Waals surface area contributed by atoms with E-state index in [-0.39, 0.29) is 18.0 Å². The molecule has 0 saturated heterocycles. The Labute approximate surface area is 130 Å². The van der Waals surface area contributed by atoms with Gasteiger partial charge in [-0.25, -0.2) is 4.68 Å². The van der Waals surface area contributed by atoms with Crippen molar-refractivity contribution >= 4 is 27.5 Å². The van der Waals surface area contributed by atoms with Crippen LogP contribution in [0.4, 0.5) is 5.69 Å². The molecule has 21 heavy (non-hydrogen) atoms. The van der Waals surface area contributed by atoms with Crippen LogP contribution in [0.1, 0.15) is 5.56 Å². The van der Waals surface area contributed by atoms with Gasteiger partial charge in [0.2, 0.25) is 5.91 Å². The van der Waals surface area contributed by atoms with E-state index in [4.69, 9.17) is 0 Å². The zero-order valence-corrected chi connectivity index (χ0v) is 13.1. The van der Waals surface area contributed by atoms with Crippen LogP contribution in [0.5, 0.6) is 0 Å². The maximum absolute atomic E-state index is 11.8. The van der Waals surface area contributed by atoms with Gasteiger partial charge in [-0.3, -0.25) is 9.59 Å². The lowest BCUT2D eigenvalue weighted by Gasteiger charge is -2.09. The number of amides is 1. The topological polar surface area (TPSA) is 76.0 Å². The lowest BCUT2D eigenvalue weighted by molar-refractivity contribution is -0.119. The van der Waals surface area contributed by atoms with Gasteiger partial charge >= 0.3 is 0 Å². The van der Waals surface area contributed by atoms with E-state index in [9.17, 15) is 9.59 Å². The second-order valence-electron chi connectivity index (χ2n) is 4.42. The summed E-state index contributed by atoms with van der Waals surface area (Å²) in [7, 11) is 1.56. The lowest BCUT2D eigenvalue weighted by Crippen LogP contribution is -2.30. The van der Waals surface area contributed by atoms with Crippen LogP contribution < -0.4 is 16.2 Å². The number of anilines is 1. The Kier molecular flexibility index (Phi) is 5.10.